The molecule has 3 N–H and O–H groups in total. The van der Waals surface area contributed by atoms with Crippen LogP contribution in [0, 0.1) is 17.2 Å². The molecule has 0 aliphatic carbocycles. The number of hydrogen-bond acceptors (Lipinski definition) is 11. The number of amides is 1. The first-order valence-corrected chi connectivity index (χ1v) is 10.9. The molecule has 14 heteroatoms. The number of aliphatic carboxylic acids is 1. The second-order valence-corrected chi connectivity index (χ2v) is 8.21. The second kappa shape index (κ2) is 13.0. The van der Waals surface area contributed by atoms with Crippen molar-refractivity contribution in [2.24, 2.45) is 5.92 Å². The highest BCUT2D eigenvalue weighted by molar-refractivity contribution is 5.87. The van der Waals surface area contributed by atoms with Gasteiger partial charge in [-0.3, -0.25) is 14.4 Å². The summed E-state index contributed by atoms with van der Waals surface area (Å²) in [5.41, 5.74) is -1.58. The number of likely N-dealkylation sites (tertiary alicyclic amines) is 1. The van der Waals surface area contributed by atoms with Gasteiger partial charge >= 0.3 is 5.97 Å². The summed E-state index contributed by atoms with van der Waals surface area (Å²) < 4.78 is 8.10. The molecule has 3 rings (SSSR count). The highest BCUT2D eigenvalue weighted by Crippen LogP contribution is 2.28. The first kappa shape index (κ1) is 28.0. The fourth-order valence-electron chi connectivity index (χ4n) is 3.76. The maximum atomic E-state index is 12.0. The molecule has 2 atom stereocenters. The molecule has 0 unspecified atom stereocenters. The van der Waals surface area contributed by atoms with Gasteiger partial charge < -0.3 is 34.5 Å². The molecule has 3 heterocycles. The van der Waals surface area contributed by atoms with Crippen molar-refractivity contribution in [3.8, 4) is 6.07 Å². The van der Waals surface area contributed by atoms with E-state index in [1.165, 1.54) is 0 Å². The fourth-order valence-corrected chi connectivity index (χ4v) is 3.76. The molecule has 36 heavy (non-hydrogen) atoms. The number of H-pyrrole nitrogens is 1. The molecule has 194 valence electrons. The van der Waals surface area contributed by atoms with Crippen molar-refractivity contribution in [3.05, 3.63) is 18.6 Å². The van der Waals surface area contributed by atoms with Gasteiger partial charge in [0, 0.05) is 26.3 Å². The van der Waals surface area contributed by atoms with Crippen LogP contribution in [-0.4, -0.2) is 99.9 Å². The van der Waals surface area contributed by atoms with Gasteiger partial charge in [0.1, 0.15) is 37.4 Å². The van der Waals surface area contributed by atoms with E-state index in [1.54, 1.807) is 11.2 Å². The van der Waals surface area contributed by atoms with Crippen LogP contribution in [0.1, 0.15) is 19.8 Å². The monoisotopic (exact) mass is 504 g/mol. The van der Waals surface area contributed by atoms with Gasteiger partial charge in [-0.25, -0.2) is 14.8 Å². The zero-order chi connectivity index (χ0) is 26.7. The van der Waals surface area contributed by atoms with Crippen LogP contribution in [0.15, 0.2) is 18.6 Å². The highest BCUT2D eigenvalue weighted by atomic mass is 16.6. The number of rotatable bonds is 10. The number of nitriles is 1. The lowest BCUT2D eigenvalue weighted by Gasteiger charge is -2.42. The number of carboxylic acids is 1. The van der Waals surface area contributed by atoms with Gasteiger partial charge in [-0.2, -0.15) is 5.26 Å². The number of carbonyl (C=O) groups excluding carboxylic acids is 3. The number of piperidine rings is 1. The third-order valence-corrected chi connectivity index (χ3v) is 5.84. The van der Waals surface area contributed by atoms with E-state index < -0.39 is 24.8 Å². The van der Waals surface area contributed by atoms with Gasteiger partial charge in [0.05, 0.1) is 17.5 Å². The largest absolute Gasteiger partial charge is 0.479 e. The minimum Gasteiger partial charge on any atom is -0.479 e. The number of hydrogen-bond donors (Lipinski definition) is 3. The van der Waals surface area contributed by atoms with E-state index >= 15 is 0 Å². The van der Waals surface area contributed by atoms with Crippen LogP contribution in [0.25, 0.3) is 11.0 Å². The predicted molar refractivity (Wildman–Crippen MR) is 123 cm³/mol. The van der Waals surface area contributed by atoms with E-state index in [0.29, 0.717) is 12.5 Å². The summed E-state index contributed by atoms with van der Waals surface area (Å²) in [5, 5.41) is 27.3. The number of aromatic nitrogens is 3. The first-order chi connectivity index (χ1) is 17.2. The van der Waals surface area contributed by atoms with E-state index in [4.69, 9.17) is 10.4 Å². The van der Waals surface area contributed by atoms with Crippen molar-refractivity contribution < 1.29 is 38.9 Å². The average Bonchev–Trinajstić information content (AvgIpc) is 3.35. The summed E-state index contributed by atoms with van der Waals surface area (Å²) in [6.45, 7) is 1.94. The summed E-state index contributed by atoms with van der Waals surface area (Å²) in [5.74, 6) is -0.429. The zero-order valence-electron chi connectivity index (χ0n) is 19.9. The summed E-state index contributed by atoms with van der Waals surface area (Å²) in [6.07, 6.45) is 4.27. The van der Waals surface area contributed by atoms with Crippen LogP contribution in [0.2, 0.25) is 0 Å². The van der Waals surface area contributed by atoms with Crippen LogP contribution in [0.4, 0.5) is 5.82 Å². The molecule has 1 amide bonds. The van der Waals surface area contributed by atoms with Gasteiger partial charge in [0.25, 0.3) is 12.9 Å². The molecule has 2 aromatic heterocycles. The summed E-state index contributed by atoms with van der Waals surface area (Å²) in [4.78, 5) is 57.5. The Morgan fingerprint density at radius 1 is 1.33 bits per heavy atom. The summed E-state index contributed by atoms with van der Waals surface area (Å²) in [7, 11) is 2.01. The molecule has 0 bridgehead atoms. The number of ether oxygens (including phenoxy) is 2. The van der Waals surface area contributed by atoms with Crippen molar-refractivity contribution >= 4 is 41.7 Å². The fraction of sp³-hybridized carbons (Fsp3) is 0.500. The lowest BCUT2D eigenvalue weighted by molar-refractivity contribution is -0.174. The zero-order valence-corrected chi connectivity index (χ0v) is 19.9. The van der Waals surface area contributed by atoms with Crippen molar-refractivity contribution in [2.75, 3.05) is 38.3 Å². The number of nitrogens with zero attached hydrogens (tertiary/aromatic N) is 5. The van der Waals surface area contributed by atoms with Gasteiger partial charge in [0.15, 0.2) is 0 Å². The summed E-state index contributed by atoms with van der Waals surface area (Å²) >= 11 is 0. The lowest BCUT2D eigenvalue weighted by atomic mass is 9.92. The van der Waals surface area contributed by atoms with E-state index in [1.807, 2.05) is 25.4 Å². The van der Waals surface area contributed by atoms with E-state index in [9.17, 15) is 24.3 Å². The van der Waals surface area contributed by atoms with Gasteiger partial charge in [-0.15, -0.1) is 0 Å². The van der Waals surface area contributed by atoms with Crippen LogP contribution >= 0.6 is 0 Å². The molecular weight excluding hydrogens is 476 g/mol. The Labute approximate surface area is 206 Å². The SMILES string of the molecule is C[C@@H]1CCN(C(=O)CC#N)C[C@@H]1N(C)c1ncnc2[nH]ccc12.O=COCC(O)(COC=O)C(=O)O. The third kappa shape index (κ3) is 6.89. The molecule has 14 nitrogen and oxygen atoms in total. The topological polar surface area (TPSA) is 199 Å². The van der Waals surface area contributed by atoms with E-state index in [2.05, 4.69) is 36.2 Å². The number of likely N-dealkylation sites (N-methyl/N-ethyl adjacent to an activating group) is 1. The molecule has 0 spiro atoms. The Morgan fingerprint density at radius 3 is 2.58 bits per heavy atom. The Kier molecular flexibility index (Phi) is 10.1. The number of carbonyl (C=O) groups is 4. The Hall–Kier alpha value is -4.25. The van der Waals surface area contributed by atoms with Gasteiger partial charge in [0.2, 0.25) is 11.5 Å². The summed E-state index contributed by atoms with van der Waals surface area (Å²) in [6, 6.07) is 4.07. The van der Waals surface area contributed by atoms with Crippen molar-refractivity contribution in [2.45, 2.75) is 31.4 Å². The number of carboxylic acid groups (broad SMARTS) is 1. The Bertz CT molecular complexity index is 1090. The van der Waals surface area contributed by atoms with E-state index in [-0.39, 0.29) is 31.3 Å². The molecule has 1 fully saturated rings. The number of aliphatic hydroxyl groups is 1. The number of nitrogens with one attached hydrogen (secondary N) is 1. The van der Waals surface area contributed by atoms with E-state index in [0.717, 1.165) is 29.8 Å². The molecule has 1 saturated heterocycles. The Balaban J connectivity index is 0.000000302. The van der Waals surface area contributed by atoms with Crippen molar-refractivity contribution in [1.29, 1.82) is 5.26 Å². The number of fused-ring (bicyclic) bond motifs is 1. The minimum absolute atomic E-state index is 0.0190. The molecule has 1 aliphatic heterocycles. The maximum Gasteiger partial charge on any atom is 0.343 e. The van der Waals surface area contributed by atoms with Crippen molar-refractivity contribution in [3.63, 3.8) is 0 Å². The molecule has 0 radical (unpaired) electrons. The van der Waals surface area contributed by atoms with Crippen LogP contribution in [0.3, 0.4) is 0 Å². The van der Waals surface area contributed by atoms with Crippen LogP contribution < -0.4 is 4.90 Å². The predicted octanol–water partition coefficient (Wildman–Crippen LogP) is -0.307. The first-order valence-electron chi connectivity index (χ1n) is 10.9. The van der Waals surface area contributed by atoms with Gasteiger partial charge in [-0.05, 0) is 18.4 Å². The normalized spacial score (nSPS) is 17.2. The second-order valence-electron chi connectivity index (χ2n) is 8.21. The highest BCUT2D eigenvalue weighted by Gasteiger charge is 2.38. The third-order valence-electron chi connectivity index (χ3n) is 5.84. The minimum atomic E-state index is -2.39. The van der Waals surface area contributed by atoms with Crippen LogP contribution in [-0.2, 0) is 28.7 Å². The molecular formula is C22H28N6O8. The molecule has 2 aromatic rings. The maximum absolute atomic E-state index is 12.0. The average molecular weight is 505 g/mol. The molecule has 1 aliphatic rings. The van der Waals surface area contributed by atoms with Crippen molar-refractivity contribution in [1.82, 2.24) is 19.9 Å². The van der Waals surface area contributed by atoms with Crippen LogP contribution in [0.5, 0.6) is 0 Å². The number of anilines is 1. The van der Waals surface area contributed by atoms with Gasteiger partial charge in [-0.1, -0.05) is 6.92 Å². The molecule has 0 aromatic carbocycles. The molecule has 0 saturated carbocycles. The number of aromatic amines is 1. The quantitative estimate of drug-likeness (QED) is 0.357. The standard InChI is InChI=1S/C16H20N6O.C6H8O7/c1-11-5-8-22(14(23)3-6-17)9-13(11)21(2)16-12-4-7-18-15(12)19-10-20-16;7-3-12-1-6(11,5(9)10)2-13-4-8/h4,7,10-11,13H,3,5,8-9H2,1-2H3,(H,18,19,20);3-4,11H,1-2H2,(H,9,10)/t11-,13+;/m1./s1. The smallest absolute Gasteiger partial charge is 0.343 e. The Morgan fingerprint density at radius 2 is 2.00 bits per heavy atom. The lowest BCUT2D eigenvalue weighted by Crippen LogP contribution is -2.52.